The zero-order valence-electron chi connectivity index (χ0n) is 20.2. The monoisotopic (exact) mass is 473 g/mol. The van der Waals surface area contributed by atoms with Crippen LogP contribution in [0, 0.1) is 0 Å². The Hall–Kier alpha value is -3.20. The van der Waals surface area contributed by atoms with Crippen LogP contribution >= 0.6 is 0 Å². The second-order valence-electron chi connectivity index (χ2n) is 9.22. The summed E-state index contributed by atoms with van der Waals surface area (Å²) < 4.78 is 0. The SMILES string of the molecule is CC(C)(O)C(C)(O)Cc1ccc(N(c2ccccc2)c2ccc3ccccc3c2)cc1.OB(O)O. The predicted molar refractivity (Wildman–Crippen MR) is 142 cm³/mol. The molecular weight excluding hydrogens is 441 g/mol. The smallest absolute Gasteiger partial charge is 0.402 e. The van der Waals surface area contributed by atoms with Gasteiger partial charge < -0.3 is 30.2 Å². The molecule has 0 saturated carbocycles. The average Bonchev–Trinajstić information content (AvgIpc) is 2.80. The molecule has 0 aliphatic carbocycles. The minimum atomic E-state index is -2.17. The van der Waals surface area contributed by atoms with Crippen LogP contribution in [0.25, 0.3) is 10.8 Å². The Morgan fingerprint density at radius 1 is 0.629 bits per heavy atom. The average molecular weight is 473 g/mol. The molecule has 0 amide bonds. The van der Waals surface area contributed by atoms with Crippen molar-refractivity contribution < 1.29 is 25.3 Å². The highest BCUT2D eigenvalue weighted by Crippen LogP contribution is 2.36. The Morgan fingerprint density at radius 3 is 1.69 bits per heavy atom. The fraction of sp³-hybridized carbons (Fsp3) is 0.214. The number of fused-ring (bicyclic) bond motifs is 1. The molecule has 0 aliphatic rings. The molecule has 1 unspecified atom stereocenters. The summed E-state index contributed by atoms with van der Waals surface area (Å²) in [7, 11) is -2.17. The number of anilines is 3. The van der Waals surface area contributed by atoms with Crippen LogP contribution in [0.4, 0.5) is 17.1 Å². The molecule has 0 aromatic heterocycles. The number of aliphatic hydroxyl groups is 2. The lowest BCUT2D eigenvalue weighted by Crippen LogP contribution is -2.49. The fourth-order valence-electron chi connectivity index (χ4n) is 3.72. The molecule has 0 spiro atoms. The van der Waals surface area contributed by atoms with Gasteiger partial charge in [-0.15, -0.1) is 0 Å². The van der Waals surface area contributed by atoms with Crippen LogP contribution in [0.3, 0.4) is 0 Å². The summed E-state index contributed by atoms with van der Waals surface area (Å²) in [5, 5.41) is 44.9. The van der Waals surface area contributed by atoms with Crippen molar-refractivity contribution in [2.75, 3.05) is 4.90 Å². The van der Waals surface area contributed by atoms with Gasteiger partial charge in [0.1, 0.15) is 0 Å². The van der Waals surface area contributed by atoms with E-state index in [2.05, 4.69) is 71.6 Å². The van der Waals surface area contributed by atoms with E-state index in [9.17, 15) is 10.2 Å². The van der Waals surface area contributed by atoms with E-state index >= 15 is 0 Å². The van der Waals surface area contributed by atoms with E-state index in [1.807, 2.05) is 30.3 Å². The van der Waals surface area contributed by atoms with E-state index in [0.717, 1.165) is 22.6 Å². The zero-order chi connectivity index (χ0) is 25.6. The van der Waals surface area contributed by atoms with Gasteiger partial charge in [-0.05, 0) is 73.5 Å². The summed E-state index contributed by atoms with van der Waals surface area (Å²) in [5.41, 5.74) is 1.77. The zero-order valence-corrected chi connectivity index (χ0v) is 20.2. The van der Waals surface area contributed by atoms with E-state index in [1.165, 1.54) is 10.8 Å². The second kappa shape index (κ2) is 11.0. The quantitative estimate of drug-likeness (QED) is 0.267. The van der Waals surface area contributed by atoms with Crippen LogP contribution in [-0.2, 0) is 6.42 Å². The maximum atomic E-state index is 10.7. The maximum absolute atomic E-state index is 10.7. The molecule has 4 rings (SSSR count). The minimum absolute atomic E-state index is 0.373. The molecule has 35 heavy (non-hydrogen) atoms. The Labute approximate surface area is 206 Å². The molecule has 0 radical (unpaired) electrons. The maximum Gasteiger partial charge on any atom is 0.631 e. The molecule has 5 N–H and O–H groups in total. The van der Waals surface area contributed by atoms with Gasteiger partial charge in [-0.1, -0.05) is 60.7 Å². The first-order valence-corrected chi connectivity index (χ1v) is 11.4. The van der Waals surface area contributed by atoms with Crippen molar-refractivity contribution in [3.63, 3.8) is 0 Å². The number of rotatable bonds is 6. The summed E-state index contributed by atoms with van der Waals surface area (Å²) in [6.45, 7) is 4.95. The summed E-state index contributed by atoms with van der Waals surface area (Å²) in [5.74, 6) is 0. The number of hydrogen-bond donors (Lipinski definition) is 5. The Balaban J connectivity index is 0.000000795. The third-order valence-corrected chi connectivity index (χ3v) is 6.07. The third-order valence-electron chi connectivity index (χ3n) is 6.07. The molecule has 0 fully saturated rings. The number of para-hydroxylation sites is 1. The molecule has 4 aromatic carbocycles. The molecular formula is C28H32BNO5. The molecule has 1 atom stereocenters. The third kappa shape index (κ3) is 6.91. The number of hydrogen-bond acceptors (Lipinski definition) is 6. The lowest BCUT2D eigenvalue weighted by molar-refractivity contribution is -0.118. The normalized spacial score (nSPS) is 12.9. The van der Waals surface area contributed by atoms with Gasteiger partial charge in [0.2, 0.25) is 0 Å². The molecule has 0 aliphatic heterocycles. The van der Waals surface area contributed by atoms with E-state index in [-0.39, 0.29) is 0 Å². The fourth-order valence-corrected chi connectivity index (χ4v) is 3.72. The molecule has 0 saturated heterocycles. The first-order valence-electron chi connectivity index (χ1n) is 11.4. The highest BCUT2D eigenvalue weighted by molar-refractivity contribution is 6.30. The molecule has 182 valence electrons. The summed E-state index contributed by atoms with van der Waals surface area (Å²) >= 11 is 0. The molecule has 4 aromatic rings. The van der Waals surface area contributed by atoms with Crippen molar-refractivity contribution in [2.24, 2.45) is 0 Å². The van der Waals surface area contributed by atoms with Crippen molar-refractivity contribution in [3.8, 4) is 0 Å². The van der Waals surface area contributed by atoms with Crippen molar-refractivity contribution in [3.05, 3.63) is 103 Å². The largest absolute Gasteiger partial charge is 0.631 e. The van der Waals surface area contributed by atoms with Crippen LogP contribution in [0.5, 0.6) is 0 Å². The highest BCUT2D eigenvalue weighted by Gasteiger charge is 2.37. The molecule has 0 bridgehead atoms. The number of benzene rings is 4. The summed E-state index contributed by atoms with van der Waals surface area (Å²) in [6.07, 6.45) is 0.373. The first-order chi connectivity index (χ1) is 16.5. The van der Waals surface area contributed by atoms with Crippen LogP contribution in [0.15, 0.2) is 97.1 Å². The van der Waals surface area contributed by atoms with E-state index in [1.54, 1.807) is 20.8 Å². The lowest BCUT2D eigenvalue weighted by atomic mass is 9.82. The first kappa shape index (κ1) is 26.4. The van der Waals surface area contributed by atoms with Crippen LogP contribution in [0.1, 0.15) is 26.3 Å². The standard InChI is InChI=1S/C28H29NO2.BH3O3/c1-27(2,30)28(3,31)20-21-13-16-25(17-14-21)29(24-11-5-4-6-12-24)26-18-15-22-9-7-8-10-23(22)19-26;2-1(3)4/h4-19,30-31H,20H2,1-3H3;2-4H. The van der Waals surface area contributed by atoms with Gasteiger partial charge in [-0.25, -0.2) is 0 Å². The lowest BCUT2D eigenvalue weighted by Gasteiger charge is -2.35. The van der Waals surface area contributed by atoms with Gasteiger partial charge in [0.05, 0.1) is 11.2 Å². The van der Waals surface area contributed by atoms with E-state index in [4.69, 9.17) is 15.1 Å². The number of nitrogens with zero attached hydrogens (tertiary/aromatic N) is 1. The Bertz CT molecular complexity index is 1220. The van der Waals surface area contributed by atoms with E-state index in [0.29, 0.717) is 6.42 Å². The van der Waals surface area contributed by atoms with Crippen LogP contribution in [-0.4, -0.2) is 43.8 Å². The predicted octanol–water partition coefficient (Wildman–Crippen LogP) is 4.32. The van der Waals surface area contributed by atoms with E-state index < -0.39 is 18.5 Å². The molecule has 6 nitrogen and oxygen atoms in total. The van der Waals surface area contributed by atoms with Crippen molar-refractivity contribution in [1.29, 1.82) is 0 Å². The van der Waals surface area contributed by atoms with Crippen LogP contribution in [0.2, 0.25) is 0 Å². The van der Waals surface area contributed by atoms with Gasteiger partial charge in [-0.2, -0.15) is 0 Å². The Morgan fingerprint density at radius 2 is 1.11 bits per heavy atom. The summed E-state index contributed by atoms with van der Waals surface area (Å²) in [6, 6.07) is 33.3. The van der Waals surface area contributed by atoms with Crippen molar-refractivity contribution in [2.45, 2.75) is 38.4 Å². The van der Waals surface area contributed by atoms with Gasteiger partial charge in [0, 0.05) is 23.5 Å². The molecule has 0 heterocycles. The highest BCUT2D eigenvalue weighted by atomic mass is 16.5. The molecule has 7 heteroatoms. The Kier molecular flexibility index (Phi) is 8.32. The van der Waals surface area contributed by atoms with Gasteiger partial charge >= 0.3 is 7.32 Å². The van der Waals surface area contributed by atoms with Crippen molar-refractivity contribution >= 4 is 35.2 Å². The van der Waals surface area contributed by atoms with Gasteiger partial charge in [-0.3, -0.25) is 0 Å². The minimum Gasteiger partial charge on any atom is -0.402 e. The second-order valence-corrected chi connectivity index (χ2v) is 9.22. The van der Waals surface area contributed by atoms with Gasteiger partial charge in [0.25, 0.3) is 0 Å². The van der Waals surface area contributed by atoms with Crippen molar-refractivity contribution in [1.82, 2.24) is 0 Å². The van der Waals surface area contributed by atoms with Gasteiger partial charge in [0.15, 0.2) is 0 Å². The topological polar surface area (TPSA) is 104 Å². The van der Waals surface area contributed by atoms with Crippen LogP contribution < -0.4 is 4.90 Å². The summed E-state index contributed by atoms with van der Waals surface area (Å²) in [4.78, 5) is 2.23.